The van der Waals surface area contributed by atoms with Gasteiger partial charge in [-0.3, -0.25) is 0 Å². The monoisotopic (exact) mass is 326 g/mol. The quantitative estimate of drug-likeness (QED) is 0.275. The zero-order valence-corrected chi connectivity index (χ0v) is 13.2. The normalized spacial score (nSPS) is 12.5. The van der Waals surface area contributed by atoms with Crippen LogP contribution in [-0.2, 0) is 0 Å². The molecule has 128 valence electrons. The van der Waals surface area contributed by atoms with Gasteiger partial charge < -0.3 is 30.0 Å². The molecule has 1 atom stereocenters. The summed E-state index contributed by atoms with van der Waals surface area (Å²) < 4.78 is 10.8. The zero-order valence-electron chi connectivity index (χ0n) is 13.2. The van der Waals surface area contributed by atoms with Crippen LogP contribution in [0.1, 0.15) is 13.8 Å². The highest BCUT2D eigenvalue weighted by Gasteiger charge is 2.06. The number of nitro groups is 1. The predicted octanol–water partition coefficient (Wildman–Crippen LogP) is 1.45. The molecule has 1 aromatic carbocycles. The Hall–Kier alpha value is -2.26. The number of ether oxygens (including phenoxy) is 2. The lowest BCUT2D eigenvalue weighted by Gasteiger charge is -2.15. The van der Waals surface area contributed by atoms with Crippen molar-refractivity contribution in [3.63, 3.8) is 0 Å². The molecule has 0 heterocycles. The first-order valence-corrected chi connectivity index (χ1v) is 7.26. The van der Waals surface area contributed by atoms with E-state index in [1.165, 1.54) is 0 Å². The third-order valence-electron chi connectivity index (χ3n) is 2.62. The number of nitrogens with one attached hydrogen (secondary N) is 1. The first-order valence-electron chi connectivity index (χ1n) is 7.26. The van der Waals surface area contributed by atoms with Crippen molar-refractivity contribution in [3.8, 4) is 11.5 Å². The van der Waals surface area contributed by atoms with Gasteiger partial charge >= 0.3 is 0 Å². The van der Waals surface area contributed by atoms with Crippen molar-refractivity contribution in [1.29, 1.82) is 0 Å². The van der Waals surface area contributed by atoms with Crippen molar-refractivity contribution in [1.82, 2.24) is 5.32 Å². The Bertz CT molecular complexity index is 492. The molecule has 23 heavy (non-hydrogen) atoms. The summed E-state index contributed by atoms with van der Waals surface area (Å²) in [6, 6.07) is 7.16. The standard InChI is InChI=1S/C14H22N4O5/c1-11(2)15-9-12(19)10-23-14-5-3-13(4-6-14)22-8-7-16-17-18(20)21/h3-6,11-12,15,19H,7-10H2,1-2H3/b17-16+. The second-order valence-corrected chi connectivity index (χ2v) is 5.04. The maximum atomic E-state index is 9.92. The molecule has 9 nitrogen and oxygen atoms in total. The smallest absolute Gasteiger partial charge is 0.191 e. The van der Waals surface area contributed by atoms with Crippen molar-refractivity contribution in [2.24, 2.45) is 10.3 Å². The van der Waals surface area contributed by atoms with E-state index in [0.29, 0.717) is 24.1 Å². The van der Waals surface area contributed by atoms with Crippen molar-refractivity contribution in [3.05, 3.63) is 34.4 Å². The Kier molecular flexibility index (Phi) is 8.55. The van der Waals surface area contributed by atoms with Gasteiger partial charge in [-0.15, -0.1) is 0 Å². The maximum Gasteiger partial charge on any atom is 0.191 e. The van der Waals surface area contributed by atoms with Crippen molar-refractivity contribution < 1.29 is 19.6 Å². The maximum absolute atomic E-state index is 9.92. The van der Waals surface area contributed by atoms with Crippen LogP contribution < -0.4 is 14.8 Å². The van der Waals surface area contributed by atoms with Crippen LogP contribution in [0.4, 0.5) is 0 Å². The van der Waals surface area contributed by atoms with E-state index >= 15 is 0 Å². The third kappa shape index (κ3) is 9.38. The molecule has 0 amide bonds. The molecule has 0 aliphatic carbocycles. The lowest BCUT2D eigenvalue weighted by atomic mass is 10.3. The number of hydrogen-bond donors (Lipinski definition) is 2. The molecular formula is C14H22N4O5. The second-order valence-electron chi connectivity index (χ2n) is 5.04. The summed E-state index contributed by atoms with van der Waals surface area (Å²) in [4.78, 5) is 9.92. The summed E-state index contributed by atoms with van der Waals surface area (Å²) in [5.74, 6) is 1.21. The first-order chi connectivity index (χ1) is 11.0. The molecule has 1 rings (SSSR count). The Morgan fingerprint density at radius 3 is 2.43 bits per heavy atom. The number of nitrogens with zero attached hydrogens (tertiary/aromatic N) is 3. The number of benzene rings is 1. The highest BCUT2D eigenvalue weighted by molar-refractivity contribution is 5.31. The van der Waals surface area contributed by atoms with E-state index in [0.717, 1.165) is 0 Å². The number of aliphatic hydroxyl groups is 1. The van der Waals surface area contributed by atoms with Gasteiger partial charge in [0.25, 0.3) is 0 Å². The highest BCUT2D eigenvalue weighted by atomic mass is 16.7. The summed E-state index contributed by atoms with van der Waals surface area (Å²) in [6.07, 6.45) is -0.583. The first kappa shape index (κ1) is 18.8. The lowest BCUT2D eigenvalue weighted by Crippen LogP contribution is -2.35. The van der Waals surface area contributed by atoms with Crippen LogP contribution >= 0.6 is 0 Å². The second kappa shape index (κ2) is 10.5. The summed E-state index contributed by atoms with van der Waals surface area (Å²) in [5, 5.41) is 28.0. The minimum atomic E-state index is -0.864. The average Bonchev–Trinajstić information content (AvgIpc) is 2.51. The predicted molar refractivity (Wildman–Crippen MR) is 83.3 cm³/mol. The van der Waals surface area contributed by atoms with Crippen LogP contribution in [0.25, 0.3) is 0 Å². The van der Waals surface area contributed by atoms with E-state index in [1.54, 1.807) is 24.3 Å². The van der Waals surface area contributed by atoms with E-state index < -0.39 is 11.1 Å². The molecule has 0 spiro atoms. The molecule has 0 saturated carbocycles. The molecule has 9 heteroatoms. The summed E-state index contributed by atoms with van der Waals surface area (Å²) in [6.45, 7) is 4.97. The molecule has 1 aromatic rings. The van der Waals surface area contributed by atoms with Crippen LogP contribution in [0.5, 0.6) is 11.5 Å². The van der Waals surface area contributed by atoms with Crippen LogP contribution in [-0.4, -0.2) is 48.6 Å². The van der Waals surface area contributed by atoms with Gasteiger partial charge in [0.1, 0.15) is 30.8 Å². The summed E-state index contributed by atoms with van der Waals surface area (Å²) in [5.41, 5.74) is 0. The van der Waals surface area contributed by atoms with Crippen LogP contribution in [0.3, 0.4) is 0 Å². The zero-order chi connectivity index (χ0) is 17.1. The van der Waals surface area contributed by atoms with Crippen molar-refractivity contribution >= 4 is 0 Å². The van der Waals surface area contributed by atoms with Crippen LogP contribution in [0.15, 0.2) is 34.6 Å². The molecule has 0 bridgehead atoms. The Labute approximate surface area is 134 Å². The van der Waals surface area contributed by atoms with Gasteiger partial charge in [-0.05, 0) is 24.3 Å². The molecule has 0 aliphatic rings. The van der Waals surface area contributed by atoms with Crippen molar-refractivity contribution in [2.75, 3.05) is 26.3 Å². The highest BCUT2D eigenvalue weighted by Crippen LogP contribution is 2.17. The van der Waals surface area contributed by atoms with E-state index in [-0.39, 0.29) is 19.8 Å². The van der Waals surface area contributed by atoms with Gasteiger partial charge in [0.05, 0.1) is 5.03 Å². The van der Waals surface area contributed by atoms with E-state index in [4.69, 9.17) is 9.47 Å². The van der Waals surface area contributed by atoms with Gasteiger partial charge in [-0.2, -0.15) is 0 Å². The fourth-order valence-corrected chi connectivity index (χ4v) is 1.56. The summed E-state index contributed by atoms with van der Waals surface area (Å²) in [7, 11) is 0. The molecule has 0 aliphatic heterocycles. The van der Waals surface area contributed by atoms with Crippen LogP contribution in [0, 0.1) is 10.1 Å². The van der Waals surface area contributed by atoms with Gasteiger partial charge in [0.15, 0.2) is 11.8 Å². The molecule has 1 unspecified atom stereocenters. The van der Waals surface area contributed by atoms with E-state index in [1.807, 2.05) is 13.8 Å². The Morgan fingerprint density at radius 1 is 1.26 bits per heavy atom. The summed E-state index contributed by atoms with van der Waals surface area (Å²) >= 11 is 0. The lowest BCUT2D eigenvalue weighted by molar-refractivity contribution is -0.494. The van der Waals surface area contributed by atoms with Gasteiger partial charge in [0, 0.05) is 17.7 Å². The SMILES string of the molecule is CC(C)NCC(O)COc1ccc(OCC/N=N/[N+](=O)[O-])cc1. The fourth-order valence-electron chi connectivity index (χ4n) is 1.56. The largest absolute Gasteiger partial charge is 0.491 e. The van der Waals surface area contributed by atoms with Gasteiger partial charge in [-0.25, -0.2) is 0 Å². The van der Waals surface area contributed by atoms with E-state index in [9.17, 15) is 15.2 Å². The minimum absolute atomic E-state index is 0.105. The van der Waals surface area contributed by atoms with Gasteiger partial charge in [-0.1, -0.05) is 13.8 Å². The fraction of sp³-hybridized carbons (Fsp3) is 0.571. The molecule has 0 radical (unpaired) electrons. The number of rotatable bonds is 11. The Balaban J connectivity index is 2.26. The molecule has 0 fully saturated rings. The molecule has 0 aromatic heterocycles. The number of hydrogen-bond acceptors (Lipinski definition) is 7. The minimum Gasteiger partial charge on any atom is -0.491 e. The molecule has 0 saturated heterocycles. The topological polar surface area (TPSA) is 119 Å². The number of aliphatic hydroxyl groups excluding tert-OH is 1. The average molecular weight is 326 g/mol. The van der Waals surface area contributed by atoms with Crippen LogP contribution in [0.2, 0.25) is 0 Å². The molecular weight excluding hydrogens is 304 g/mol. The van der Waals surface area contributed by atoms with E-state index in [2.05, 4.69) is 15.7 Å². The van der Waals surface area contributed by atoms with Gasteiger partial charge in [0.2, 0.25) is 0 Å². The Morgan fingerprint density at radius 2 is 1.87 bits per heavy atom. The van der Waals surface area contributed by atoms with Crippen molar-refractivity contribution in [2.45, 2.75) is 26.0 Å². The third-order valence-corrected chi connectivity index (χ3v) is 2.62. The molecule has 2 N–H and O–H groups in total.